The SMILES string of the molecule is COc1cc2c(cc1OCc1ccccc1)N(C(=O)COc1ccccc1C(N)=O)CC21CCN(C)CC1. The second-order valence-electron chi connectivity index (χ2n) is 10.0. The third kappa shape index (κ3) is 5.04. The molecule has 3 aromatic rings. The van der Waals surface area contributed by atoms with Gasteiger partial charge < -0.3 is 29.7 Å². The topological polar surface area (TPSA) is 94.3 Å². The number of primary amides is 1. The quantitative estimate of drug-likeness (QED) is 0.491. The van der Waals surface area contributed by atoms with Crippen LogP contribution in [0.15, 0.2) is 66.7 Å². The highest BCUT2D eigenvalue weighted by molar-refractivity contribution is 5.99. The number of fused-ring (bicyclic) bond motifs is 2. The number of nitrogens with zero attached hydrogens (tertiary/aromatic N) is 2. The molecule has 2 heterocycles. The molecule has 1 spiro atoms. The standard InChI is InChI=1S/C30H33N3O5/c1-32-14-12-30(13-15-32)20-33(28(34)19-38-25-11-7-6-10-22(25)29(31)35)24-17-27(26(36-2)16-23(24)30)37-18-21-8-4-3-5-9-21/h3-11,16-17H,12-15,18-20H2,1-2H3,(H2,31,35). The van der Waals surface area contributed by atoms with Gasteiger partial charge in [-0.2, -0.15) is 0 Å². The molecule has 0 atom stereocenters. The van der Waals surface area contributed by atoms with Crippen LogP contribution in [0.25, 0.3) is 0 Å². The van der Waals surface area contributed by atoms with Crippen molar-refractivity contribution in [2.24, 2.45) is 5.73 Å². The van der Waals surface area contributed by atoms with Crippen molar-refractivity contribution in [1.82, 2.24) is 4.90 Å². The number of benzene rings is 3. The zero-order valence-corrected chi connectivity index (χ0v) is 21.8. The van der Waals surface area contributed by atoms with E-state index in [1.807, 2.05) is 42.5 Å². The summed E-state index contributed by atoms with van der Waals surface area (Å²) in [6.07, 6.45) is 1.86. The molecule has 0 unspecified atom stereocenters. The molecular weight excluding hydrogens is 482 g/mol. The highest BCUT2D eigenvalue weighted by Crippen LogP contribution is 2.50. The summed E-state index contributed by atoms with van der Waals surface area (Å²) in [6, 6.07) is 20.6. The molecule has 1 saturated heterocycles. The molecule has 2 aliphatic heterocycles. The molecule has 0 bridgehead atoms. The predicted molar refractivity (Wildman–Crippen MR) is 145 cm³/mol. The number of methoxy groups -OCH3 is 1. The summed E-state index contributed by atoms with van der Waals surface area (Å²) in [6.45, 7) is 2.61. The first-order valence-corrected chi connectivity index (χ1v) is 12.8. The van der Waals surface area contributed by atoms with Crippen LogP contribution in [0.5, 0.6) is 17.2 Å². The Morgan fingerprint density at radius 3 is 2.34 bits per heavy atom. The molecule has 0 radical (unpaired) electrons. The molecule has 0 saturated carbocycles. The fraction of sp³-hybridized carbons (Fsp3) is 0.333. The monoisotopic (exact) mass is 515 g/mol. The minimum Gasteiger partial charge on any atom is -0.493 e. The summed E-state index contributed by atoms with van der Waals surface area (Å²) in [4.78, 5) is 29.5. The maximum Gasteiger partial charge on any atom is 0.264 e. The average Bonchev–Trinajstić information content (AvgIpc) is 3.25. The lowest BCUT2D eigenvalue weighted by Gasteiger charge is -2.38. The summed E-state index contributed by atoms with van der Waals surface area (Å²) in [7, 11) is 3.76. The molecule has 2 aliphatic rings. The van der Waals surface area contributed by atoms with Crippen LogP contribution >= 0.6 is 0 Å². The van der Waals surface area contributed by atoms with E-state index in [0.717, 1.165) is 42.7 Å². The van der Waals surface area contributed by atoms with Gasteiger partial charge in [0.25, 0.3) is 11.8 Å². The van der Waals surface area contributed by atoms with Gasteiger partial charge in [0, 0.05) is 18.0 Å². The van der Waals surface area contributed by atoms with Crippen LogP contribution in [0.1, 0.15) is 34.3 Å². The summed E-state index contributed by atoms with van der Waals surface area (Å²) >= 11 is 0. The molecule has 0 aliphatic carbocycles. The Kier molecular flexibility index (Phi) is 7.24. The number of nitrogens with two attached hydrogens (primary N) is 1. The summed E-state index contributed by atoms with van der Waals surface area (Å²) in [5.41, 5.74) is 8.51. The zero-order valence-electron chi connectivity index (χ0n) is 21.8. The number of carbonyl (C=O) groups excluding carboxylic acids is 2. The second-order valence-corrected chi connectivity index (χ2v) is 10.0. The van der Waals surface area contributed by atoms with E-state index in [-0.39, 0.29) is 23.5 Å². The molecule has 2 amide bonds. The van der Waals surface area contributed by atoms with Crippen LogP contribution < -0.4 is 24.8 Å². The normalized spacial score (nSPS) is 16.2. The number of rotatable bonds is 8. The Morgan fingerprint density at radius 1 is 0.921 bits per heavy atom. The largest absolute Gasteiger partial charge is 0.493 e. The molecule has 8 nitrogen and oxygen atoms in total. The first-order chi connectivity index (χ1) is 18.4. The van der Waals surface area contributed by atoms with Gasteiger partial charge in [0.1, 0.15) is 12.4 Å². The Balaban J connectivity index is 1.45. The maximum absolute atomic E-state index is 13.6. The third-order valence-electron chi connectivity index (χ3n) is 7.59. The number of carbonyl (C=O) groups is 2. The molecular formula is C30H33N3O5. The number of ether oxygens (including phenoxy) is 3. The van der Waals surface area contributed by atoms with Crippen LogP contribution in [-0.4, -0.2) is 57.1 Å². The summed E-state index contributed by atoms with van der Waals surface area (Å²) in [5.74, 6) is 0.734. The van der Waals surface area contributed by atoms with Crippen LogP contribution in [0.4, 0.5) is 5.69 Å². The van der Waals surface area contributed by atoms with Gasteiger partial charge in [-0.15, -0.1) is 0 Å². The number of hydrogen-bond acceptors (Lipinski definition) is 6. The molecule has 1 fully saturated rings. The van der Waals surface area contributed by atoms with E-state index >= 15 is 0 Å². The predicted octanol–water partition coefficient (Wildman–Crippen LogP) is 3.76. The van der Waals surface area contributed by atoms with Gasteiger partial charge >= 0.3 is 0 Å². The van der Waals surface area contributed by atoms with Crippen molar-refractivity contribution in [2.45, 2.75) is 24.9 Å². The minimum atomic E-state index is -0.600. The first-order valence-electron chi connectivity index (χ1n) is 12.8. The highest BCUT2D eigenvalue weighted by Gasteiger charge is 2.47. The minimum absolute atomic E-state index is 0.173. The third-order valence-corrected chi connectivity index (χ3v) is 7.59. The lowest BCUT2D eigenvalue weighted by atomic mass is 9.74. The van der Waals surface area contributed by atoms with Crippen molar-refractivity contribution < 1.29 is 23.8 Å². The number of anilines is 1. The van der Waals surface area contributed by atoms with Crippen LogP contribution in [-0.2, 0) is 16.8 Å². The van der Waals surface area contributed by atoms with Crippen LogP contribution in [0.3, 0.4) is 0 Å². The van der Waals surface area contributed by atoms with Crippen molar-refractivity contribution in [3.8, 4) is 17.2 Å². The van der Waals surface area contributed by atoms with Gasteiger partial charge in [0.05, 0.1) is 18.4 Å². The molecule has 0 aromatic heterocycles. The Bertz CT molecular complexity index is 1320. The number of piperidine rings is 1. The van der Waals surface area contributed by atoms with Crippen molar-refractivity contribution >= 4 is 17.5 Å². The highest BCUT2D eigenvalue weighted by atomic mass is 16.5. The molecule has 38 heavy (non-hydrogen) atoms. The van der Waals surface area contributed by atoms with E-state index < -0.39 is 5.91 Å². The molecule has 198 valence electrons. The molecule has 2 N–H and O–H groups in total. The number of hydrogen-bond donors (Lipinski definition) is 1. The van der Waals surface area contributed by atoms with Crippen molar-refractivity contribution in [3.05, 3.63) is 83.4 Å². The first kappa shape index (κ1) is 25.6. The lowest BCUT2D eigenvalue weighted by molar-refractivity contribution is -0.120. The van der Waals surface area contributed by atoms with E-state index in [1.165, 1.54) is 0 Å². The van der Waals surface area contributed by atoms with Crippen LogP contribution in [0.2, 0.25) is 0 Å². The molecule has 5 rings (SSSR count). The van der Waals surface area contributed by atoms with Gasteiger partial charge in [-0.05, 0) is 62.3 Å². The number of para-hydroxylation sites is 1. The second kappa shape index (κ2) is 10.8. The average molecular weight is 516 g/mol. The van der Waals surface area contributed by atoms with E-state index in [9.17, 15) is 9.59 Å². The molecule has 3 aromatic carbocycles. The van der Waals surface area contributed by atoms with Gasteiger partial charge in [-0.25, -0.2) is 0 Å². The smallest absolute Gasteiger partial charge is 0.264 e. The van der Waals surface area contributed by atoms with Crippen molar-refractivity contribution in [1.29, 1.82) is 0 Å². The van der Waals surface area contributed by atoms with Gasteiger partial charge in [-0.1, -0.05) is 42.5 Å². The fourth-order valence-electron chi connectivity index (χ4n) is 5.39. The Hall–Kier alpha value is -4.04. The summed E-state index contributed by atoms with van der Waals surface area (Å²) in [5, 5.41) is 0. The number of amides is 2. The van der Waals surface area contributed by atoms with E-state index in [2.05, 4.69) is 11.9 Å². The Morgan fingerprint density at radius 2 is 1.63 bits per heavy atom. The fourth-order valence-corrected chi connectivity index (χ4v) is 5.39. The van der Waals surface area contributed by atoms with Crippen molar-refractivity contribution in [2.75, 3.05) is 45.3 Å². The van der Waals surface area contributed by atoms with E-state index in [4.69, 9.17) is 19.9 Å². The molecule has 8 heteroatoms. The van der Waals surface area contributed by atoms with Crippen molar-refractivity contribution in [3.63, 3.8) is 0 Å². The summed E-state index contributed by atoms with van der Waals surface area (Å²) < 4.78 is 17.7. The lowest BCUT2D eigenvalue weighted by Crippen LogP contribution is -2.45. The van der Waals surface area contributed by atoms with Gasteiger partial charge in [-0.3, -0.25) is 9.59 Å². The Labute approximate surface area is 222 Å². The van der Waals surface area contributed by atoms with Gasteiger partial charge in [0.15, 0.2) is 18.1 Å². The number of likely N-dealkylation sites (tertiary alicyclic amines) is 1. The van der Waals surface area contributed by atoms with E-state index in [0.29, 0.717) is 30.4 Å². The maximum atomic E-state index is 13.6. The zero-order chi connectivity index (χ0) is 26.7. The van der Waals surface area contributed by atoms with Crippen LogP contribution in [0, 0.1) is 0 Å². The van der Waals surface area contributed by atoms with E-state index in [1.54, 1.807) is 36.3 Å². The van der Waals surface area contributed by atoms with Gasteiger partial charge in [0.2, 0.25) is 0 Å².